The summed E-state index contributed by atoms with van der Waals surface area (Å²) >= 11 is 8.07. The van der Waals surface area contributed by atoms with Crippen molar-refractivity contribution in [1.29, 1.82) is 0 Å². The summed E-state index contributed by atoms with van der Waals surface area (Å²) in [6, 6.07) is 26.1. The molecule has 1 fully saturated rings. The monoisotopic (exact) mass is 544 g/mol. The number of benzene rings is 3. The van der Waals surface area contributed by atoms with E-state index < -0.39 is 0 Å². The molecule has 194 valence electrons. The number of aromatic nitrogens is 2. The van der Waals surface area contributed by atoms with Crippen molar-refractivity contribution < 1.29 is 4.74 Å². The number of halogens is 1. The number of hydrogen-bond acceptors (Lipinski definition) is 6. The van der Waals surface area contributed by atoms with Crippen LogP contribution >= 0.6 is 23.5 Å². The smallest absolute Gasteiger partial charge is 0.316 e. The Kier molecular flexibility index (Phi) is 7.40. The van der Waals surface area contributed by atoms with E-state index in [9.17, 15) is 4.79 Å². The van der Waals surface area contributed by atoms with Crippen molar-refractivity contribution in [3.63, 3.8) is 0 Å². The van der Waals surface area contributed by atoms with Gasteiger partial charge in [0.15, 0.2) is 0 Å². The van der Waals surface area contributed by atoms with Crippen molar-refractivity contribution in [3.8, 4) is 11.4 Å². The summed E-state index contributed by atoms with van der Waals surface area (Å²) in [6.45, 7) is 3.38. The molecule has 0 unspecified atom stereocenters. The number of hydrogen-bond donors (Lipinski definition) is 0. The molecule has 38 heavy (non-hydrogen) atoms. The molecule has 1 aliphatic heterocycles. The van der Waals surface area contributed by atoms with Crippen LogP contribution in [0.5, 0.6) is 5.75 Å². The van der Waals surface area contributed by atoms with Crippen LogP contribution in [0.15, 0.2) is 89.9 Å². The Hall–Kier alpha value is -3.26. The highest BCUT2D eigenvalue weighted by atomic mass is 35.5. The molecule has 1 aromatic heterocycles. The Bertz CT molecular complexity index is 1450. The average molecular weight is 545 g/mol. The van der Waals surface area contributed by atoms with Crippen molar-refractivity contribution in [3.05, 3.63) is 117 Å². The van der Waals surface area contributed by atoms with Gasteiger partial charge in [0, 0.05) is 49.8 Å². The van der Waals surface area contributed by atoms with Crippen LogP contribution < -0.4 is 15.2 Å². The lowest BCUT2D eigenvalue weighted by Crippen LogP contribution is -2.44. The highest BCUT2D eigenvalue weighted by Gasteiger charge is 2.28. The van der Waals surface area contributed by atoms with Gasteiger partial charge in [-0.2, -0.15) is 9.78 Å². The summed E-state index contributed by atoms with van der Waals surface area (Å²) in [5.74, 6) is 1.32. The Morgan fingerprint density at radius 2 is 1.61 bits per heavy atom. The summed E-state index contributed by atoms with van der Waals surface area (Å²) in [5.41, 5.74) is 5.01. The average Bonchev–Trinajstić information content (AvgIpc) is 3.36. The zero-order chi connectivity index (χ0) is 25.9. The Labute approximate surface area is 231 Å². The molecule has 0 bridgehead atoms. The van der Waals surface area contributed by atoms with Gasteiger partial charge in [-0.1, -0.05) is 84.2 Å². The maximum absolute atomic E-state index is 13.8. The van der Waals surface area contributed by atoms with Gasteiger partial charge in [0.2, 0.25) is 5.75 Å². The molecule has 6 rings (SSSR count). The Morgan fingerprint density at radius 1 is 0.895 bits per heavy atom. The van der Waals surface area contributed by atoms with Gasteiger partial charge in [-0.05, 0) is 34.9 Å². The number of anilines is 1. The standard InChI is InChI=1S/C30H29ClN4O2S/c31-25-11-6-12-26(19-25)35-30(36)29(37-27-17-23-9-4-5-10-24(23)18-27)28(20-32-35)33-13-15-34(16-14-33)38-21-22-7-2-1-3-8-22/h1-12,19-20,27H,13-18,21H2. The lowest BCUT2D eigenvalue weighted by atomic mass is 10.1. The molecular formula is C30H29ClN4O2S. The summed E-state index contributed by atoms with van der Waals surface area (Å²) in [7, 11) is 0. The summed E-state index contributed by atoms with van der Waals surface area (Å²) in [6.07, 6.45) is 3.26. The zero-order valence-corrected chi connectivity index (χ0v) is 22.6. The Morgan fingerprint density at radius 3 is 2.32 bits per heavy atom. The topological polar surface area (TPSA) is 50.6 Å². The maximum Gasteiger partial charge on any atom is 0.316 e. The van der Waals surface area contributed by atoms with E-state index in [1.807, 2.05) is 30.1 Å². The zero-order valence-electron chi connectivity index (χ0n) is 21.0. The van der Waals surface area contributed by atoms with Crippen LogP contribution in [0.3, 0.4) is 0 Å². The fraction of sp³-hybridized carbons (Fsp3) is 0.267. The molecule has 0 amide bonds. The SMILES string of the molecule is O=c1c(OC2Cc3ccccc3C2)c(N2CCN(SCc3ccccc3)CC2)cnn1-c1cccc(Cl)c1. The molecular weight excluding hydrogens is 516 g/mol. The van der Waals surface area contributed by atoms with Crippen LogP contribution in [0.4, 0.5) is 5.69 Å². The second-order valence-corrected chi connectivity index (χ2v) is 11.1. The molecule has 6 nitrogen and oxygen atoms in total. The van der Waals surface area contributed by atoms with Gasteiger partial charge in [0.25, 0.3) is 0 Å². The second kappa shape index (κ2) is 11.2. The summed E-state index contributed by atoms with van der Waals surface area (Å²) < 4.78 is 10.3. The normalized spacial score (nSPS) is 16.0. The predicted molar refractivity (Wildman–Crippen MR) is 155 cm³/mol. The number of nitrogens with zero attached hydrogens (tertiary/aromatic N) is 4. The fourth-order valence-corrected chi connectivity index (χ4v) is 6.25. The minimum Gasteiger partial charge on any atom is -0.482 e. The first kappa shape index (κ1) is 25.0. The van der Waals surface area contributed by atoms with E-state index in [0.29, 0.717) is 16.5 Å². The number of ether oxygens (including phenoxy) is 1. The number of rotatable bonds is 7. The van der Waals surface area contributed by atoms with Gasteiger partial charge in [-0.15, -0.1) is 0 Å². The predicted octanol–water partition coefficient (Wildman–Crippen LogP) is 5.40. The van der Waals surface area contributed by atoms with Crippen LogP contribution in [0.2, 0.25) is 5.02 Å². The third-order valence-corrected chi connectivity index (χ3v) is 8.53. The number of piperazine rings is 1. The van der Waals surface area contributed by atoms with Gasteiger partial charge >= 0.3 is 5.56 Å². The fourth-order valence-electron chi connectivity index (χ4n) is 5.12. The van der Waals surface area contributed by atoms with E-state index in [4.69, 9.17) is 16.3 Å². The number of fused-ring (bicyclic) bond motifs is 1. The van der Waals surface area contributed by atoms with Gasteiger partial charge < -0.3 is 9.64 Å². The van der Waals surface area contributed by atoms with Gasteiger partial charge in [0.1, 0.15) is 11.8 Å². The molecule has 0 radical (unpaired) electrons. The largest absolute Gasteiger partial charge is 0.482 e. The molecule has 0 N–H and O–H groups in total. The third kappa shape index (κ3) is 5.46. The summed E-state index contributed by atoms with van der Waals surface area (Å²) in [5, 5.41) is 5.09. The first-order chi connectivity index (χ1) is 18.6. The molecule has 2 heterocycles. The van der Waals surface area contributed by atoms with E-state index in [1.165, 1.54) is 21.4 Å². The first-order valence-corrected chi connectivity index (χ1v) is 14.2. The van der Waals surface area contributed by atoms with Gasteiger partial charge in [-0.3, -0.25) is 4.79 Å². The molecule has 3 aromatic carbocycles. The van der Waals surface area contributed by atoms with Crippen LogP contribution in [-0.2, 0) is 18.6 Å². The molecule has 0 saturated carbocycles. The minimum absolute atomic E-state index is 0.0863. The van der Waals surface area contributed by atoms with Crippen molar-refractivity contribution in [1.82, 2.24) is 14.1 Å². The highest BCUT2D eigenvalue weighted by molar-refractivity contribution is 7.96. The van der Waals surface area contributed by atoms with E-state index in [0.717, 1.165) is 50.5 Å². The minimum atomic E-state index is -0.262. The molecule has 1 saturated heterocycles. The van der Waals surface area contributed by atoms with Crippen LogP contribution in [0.25, 0.3) is 5.69 Å². The molecule has 2 aliphatic rings. The molecule has 8 heteroatoms. The quantitative estimate of drug-likeness (QED) is 0.290. The van der Waals surface area contributed by atoms with Crippen molar-refractivity contribution >= 4 is 29.2 Å². The Balaban J connectivity index is 1.23. The van der Waals surface area contributed by atoms with E-state index >= 15 is 0 Å². The molecule has 4 aromatic rings. The lowest BCUT2D eigenvalue weighted by Gasteiger charge is -2.36. The lowest BCUT2D eigenvalue weighted by molar-refractivity contribution is 0.209. The third-order valence-electron chi connectivity index (χ3n) is 7.10. The van der Waals surface area contributed by atoms with Crippen molar-refractivity contribution in [2.24, 2.45) is 0 Å². The molecule has 0 atom stereocenters. The highest BCUT2D eigenvalue weighted by Crippen LogP contribution is 2.31. The second-order valence-electron chi connectivity index (χ2n) is 9.65. The molecule has 1 aliphatic carbocycles. The van der Waals surface area contributed by atoms with Crippen LogP contribution in [0, 0.1) is 0 Å². The van der Waals surface area contributed by atoms with Crippen molar-refractivity contribution in [2.45, 2.75) is 24.7 Å². The van der Waals surface area contributed by atoms with E-state index in [2.05, 4.69) is 62.8 Å². The van der Waals surface area contributed by atoms with Crippen LogP contribution in [-0.4, -0.2) is 46.4 Å². The van der Waals surface area contributed by atoms with Crippen LogP contribution in [0.1, 0.15) is 16.7 Å². The molecule has 0 spiro atoms. The maximum atomic E-state index is 13.8. The summed E-state index contributed by atoms with van der Waals surface area (Å²) in [4.78, 5) is 16.0. The van der Waals surface area contributed by atoms with E-state index in [1.54, 1.807) is 18.3 Å². The first-order valence-electron chi connectivity index (χ1n) is 12.9. The van der Waals surface area contributed by atoms with E-state index in [-0.39, 0.29) is 11.7 Å². The van der Waals surface area contributed by atoms with Gasteiger partial charge in [-0.25, -0.2) is 4.31 Å². The van der Waals surface area contributed by atoms with Gasteiger partial charge in [0.05, 0.1) is 11.9 Å². The van der Waals surface area contributed by atoms with Crippen molar-refractivity contribution in [2.75, 3.05) is 31.1 Å².